The molecule has 2 heterocycles. The van der Waals surface area contributed by atoms with E-state index in [2.05, 4.69) is 28.4 Å². The number of fused-ring (bicyclic) bond motifs is 1. The largest absolute Gasteiger partial charge is 0.616 e. The Hall–Kier alpha value is -1.27. The van der Waals surface area contributed by atoms with Crippen LogP contribution in [0.1, 0.15) is 50.3 Å². The van der Waals surface area contributed by atoms with Crippen molar-refractivity contribution < 1.29 is 4.55 Å². The summed E-state index contributed by atoms with van der Waals surface area (Å²) in [5.74, 6) is 2.20. The number of nitrogens with zero attached hydrogens (tertiary/aromatic N) is 3. The van der Waals surface area contributed by atoms with Gasteiger partial charge in [0.15, 0.2) is 5.82 Å². The monoisotopic (exact) mass is 336 g/mol. The van der Waals surface area contributed by atoms with Crippen LogP contribution < -0.4 is 5.73 Å². The summed E-state index contributed by atoms with van der Waals surface area (Å²) in [6.07, 6.45) is 7.24. The second-order valence-electron chi connectivity index (χ2n) is 6.10. The Morgan fingerprint density at radius 1 is 1.17 bits per heavy atom. The number of pyridine rings is 1. The molecule has 0 bridgehead atoms. The van der Waals surface area contributed by atoms with Crippen LogP contribution in [-0.2, 0) is 17.7 Å². The molecular weight excluding hydrogens is 308 g/mol. The number of rotatable bonds is 9. The number of unbranched alkanes of at least 4 members (excludes halogenated alkanes) is 3. The van der Waals surface area contributed by atoms with E-state index in [4.69, 9.17) is 5.73 Å². The van der Waals surface area contributed by atoms with Crippen LogP contribution in [0, 0.1) is 13.8 Å². The number of nitrogen functional groups attached to an aromatic ring is 1. The fourth-order valence-electron chi connectivity index (χ4n) is 2.75. The van der Waals surface area contributed by atoms with Crippen molar-refractivity contribution in [2.75, 3.05) is 17.2 Å². The molecule has 0 aliphatic carbocycles. The maximum Gasteiger partial charge on any atom is 0.151 e. The summed E-state index contributed by atoms with van der Waals surface area (Å²) in [4.78, 5) is 8.74. The molecule has 6 heteroatoms. The average Bonchev–Trinajstić information content (AvgIpc) is 2.95. The van der Waals surface area contributed by atoms with Gasteiger partial charge in [0.05, 0.1) is 11.8 Å². The van der Waals surface area contributed by atoms with Gasteiger partial charge in [0.1, 0.15) is 17.0 Å². The predicted octanol–water partition coefficient (Wildman–Crippen LogP) is 3.35. The van der Waals surface area contributed by atoms with Gasteiger partial charge in [-0.1, -0.05) is 24.5 Å². The lowest BCUT2D eigenvalue weighted by molar-refractivity contribution is 0.577. The average molecular weight is 337 g/mol. The van der Waals surface area contributed by atoms with Crippen LogP contribution in [0.3, 0.4) is 0 Å². The van der Waals surface area contributed by atoms with Crippen molar-refractivity contribution in [3.05, 3.63) is 17.6 Å². The van der Waals surface area contributed by atoms with Crippen molar-refractivity contribution in [3.8, 4) is 0 Å². The van der Waals surface area contributed by atoms with Gasteiger partial charge in [0.2, 0.25) is 0 Å². The minimum absolute atomic E-state index is 0.508. The van der Waals surface area contributed by atoms with Gasteiger partial charge < -0.3 is 14.9 Å². The molecule has 0 amide bonds. The summed E-state index contributed by atoms with van der Waals surface area (Å²) in [5, 5.41) is 0. The highest BCUT2D eigenvalue weighted by Crippen LogP contribution is 2.24. The molecule has 5 nitrogen and oxygen atoms in total. The van der Waals surface area contributed by atoms with Crippen molar-refractivity contribution in [1.82, 2.24) is 14.5 Å². The number of nitrogens with two attached hydrogens (primary N) is 1. The van der Waals surface area contributed by atoms with E-state index in [-0.39, 0.29) is 0 Å². The highest BCUT2D eigenvalue weighted by molar-refractivity contribution is 7.91. The molecule has 2 rings (SSSR count). The number of hydrogen-bond acceptors (Lipinski definition) is 4. The molecule has 0 fully saturated rings. The Kier molecular flexibility index (Phi) is 6.72. The molecule has 1 unspecified atom stereocenters. The predicted molar refractivity (Wildman–Crippen MR) is 98.0 cm³/mol. The van der Waals surface area contributed by atoms with Crippen molar-refractivity contribution in [3.63, 3.8) is 0 Å². The van der Waals surface area contributed by atoms with Crippen LogP contribution in [0.25, 0.3) is 11.0 Å². The Bertz CT molecular complexity index is 641. The second kappa shape index (κ2) is 8.55. The molecule has 128 valence electrons. The minimum atomic E-state index is -0.636. The highest BCUT2D eigenvalue weighted by Gasteiger charge is 2.12. The Morgan fingerprint density at radius 3 is 2.65 bits per heavy atom. The van der Waals surface area contributed by atoms with Gasteiger partial charge in [-0.3, -0.25) is 0 Å². The maximum absolute atomic E-state index is 11.8. The number of imidazole rings is 1. The van der Waals surface area contributed by atoms with Gasteiger partial charge in [0, 0.05) is 12.2 Å². The zero-order chi connectivity index (χ0) is 16.8. The summed E-state index contributed by atoms with van der Waals surface area (Å²) in [6.45, 7) is 7.10. The van der Waals surface area contributed by atoms with Crippen LogP contribution >= 0.6 is 0 Å². The molecule has 2 aromatic rings. The molecule has 0 aliphatic heterocycles. The second-order valence-corrected chi connectivity index (χ2v) is 7.80. The lowest BCUT2D eigenvalue weighted by atomic mass is 10.2. The van der Waals surface area contributed by atoms with E-state index < -0.39 is 11.2 Å². The third kappa shape index (κ3) is 4.61. The molecule has 0 spiro atoms. The fourth-order valence-corrected chi connectivity index (χ4v) is 4.09. The van der Waals surface area contributed by atoms with Crippen molar-refractivity contribution in [2.45, 2.75) is 59.4 Å². The molecule has 0 aliphatic rings. The fraction of sp³-hybridized carbons (Fsp3) is 0.647. The molecule has 2 N–H and O–H groups in total. The van der Waals surface area contributed by atoms with Gasteiger partial charge in [-0.05, 0) is 45.1 Å². The van der Waals surface area contributed by atoms with E-state index in [1.807, 2.05) is 13.3 Å². The Balaban J connectivity index is 1.86. The first-order valence-electron chi connectivity index (χ1n) is 8.47. The number of anilines is 1. The first-order valence-corrected chi connectivity index (χ1v) is 9.95. The highest BCUT2D eigenvalue weighted by atomic mass is 32.2. The van der Waals surface area contributed by atoms with E-state index >= 15 is 0 Å². The topological polar surface area (TPSA) is 79.8 Å². The van der Waals surface area contributed by atoms with E-state index in [1.54, 1.807) is 0 Å². The van der Waals surface area contributed by atoms with Gasteiger partial charge in [-0.15, -0.1) is 0 Å². The Labute approximate surface area is 141 Å². The summed E-state index contributed by atoms with van der Waals surface area (Å²) in [6, 6.07) is 0. The summed E-state index contributed by atoms with van der Waals surface area (Å²) in [7, 11) is 0. The first kappa shape index (κ1) is 18.1. The molecule has 0 radical (unpaired) electrons. The quantitative estimate of drug-likeness (QED) is 0.562. The molecule has 2 aromatic heterocycles. The van der Waals surface area contributed by atoms with E-state index in [0.717, 1.165) is 72.4 Å². The van der Waals surface area contributed by atoms with E-state index in [0.29, 0.717) is 5.82 Å². The maximum atomic E-state index is 11.8. The number of hydrogen-bond donors (Lipinski definition) is 1. The molecule has 0 saturated carbocycles. The Morgan fingerprint density at radius 2 is 1.91 bits per heavy atom. The first-order chi connectivity index (χ1) is 11.0. The number of aryl methyl sites for hydroxylation is 3. The summed E-state index contributed by atoms with van der Waals surface area (Å²) in [5.41, 5.74) is 9.97. The lowest BCUT2D eigenvalue weighted by Gasteiger charge is -2.11. The van der Waals surface area contributed by atoms with Gasteiger partial charge in [-0.2, -0.15) is 0 Å². The van der Waals surface area contributed by atoms with Gasteiger partial charge >= 0.3 is 0 Å². The van der Waals surface area contributed by atoms with Crippen LogP contribution in [0.15, 0.2) is 6.33 Å². The smallest absolute Gasteiger partial charge is 0.151 e. The van der Waals surface area contributed by atoms with Crippen molar-refractivity contribution >= 4 is 28.0 Å². The third-order valence-corrected chi connectivity index (χ3v) is 5.75. The zero-order valence-corrected chi connectivity index (χ0v) is 15.3. The number of aromatic nitrogens is 3. The van der Waals surface area contributed by atoms with Crippen LogP contribution in [-0.4, -0.2) is 30.6 Å². The molecule has 1 atom stereocenters. The van der Waals surface area contributed by atoms with Gasteiger partial charge in [0.25, 0.3) is 0 Å². The van der Waals surface area contributed by atoms with E-state index in [1.165, 1.54) is 0 Å². The third-order valence-electron chi connectivity index (χ3n) is 4.26. The van der Waals surface area contributed by atoms with Crippen molar-refractivity contribution in [2.24, 2.45) is 0 Å². The SMILES string of the molecule is CCCC[S+]([O-])CCCCCn1cnc2c(N)nc(C)c(C)c21. The standard InChI is InChI=1S/C17H28N4OS/c1-4-5-10-23(22)11-8-6-7-9-21-12-19-15-16(21)13(2)14(3)20-17(15)18/h12H,4-11H2,1-3H3,(H2,18,20). The molecule has 0 saturated heterocycles. The normalized spacial score (nSPS) is 12.9. The van der Waals surface area contributed by atoms with Crippen LogP contribution in [0.2, 0.25) is 0 Å². The summed E-state index contributed by atoms with van der Waals surface area (Å²) < 4.78 is 13.9. The minimum Gasteiger partial charge on any atom is -0.616 e. The van der Waals surface area contributed by atoms with Crippen LogP contribution in [0.5, 0.6) is 0 Å². The van der Waals surface area contributed by atoms with E-state index in [9.17, 15) is 4.55 Å². The van der Waals surface area contributed by atoms with Gasteiger partial charge in [-0.25, -0.2) is 9.97 Å². The molecule has 23 heavy (non-hydrogen) atoms. The van der Waals surface area contributed by atoms with Crippen molar-refractivity contribution in [1.29, 1.82) is 0 Å². The molecule has 0 aromatic carbocycles. The van der Waals surface area contributed by atoms with Crippen LogP contribution in [0.4, 0.5) is 5.82 Å². The summed E-state index contributed by atoms with van der Waals surface area (Å²) >= 11 is -0.636. The lowest BCUT2D eigenvalue weighted by Crippen LogP contribution is -2.11. The molecular formula is C17H28N4OS. The zero-order valence-electron chi connectivity index (χ0n) is 14.5.